The van der Waals surface area contributed by atoms with Gasteiger partial charge in [0.2, 0.25) is 0 Å². The van der Waals surface area contributed by atoms with Crippen LogP contribution in [0.2, 0.25) is 0 Å². The maximum absolute atomic E-state index is 2.48. The van der Waals surface area contributed by atoms with Gasteiger partial charge in [-0.3, -0.25) is 0 Å². The molecule has 0 amide bonds. The quantitative estimate of drug-likeness (QED) is 0.308. The van der Waals surface area contributed by atoms with Crippen LogP contribution in [0, 0.1) is 17.8 Å². The molecule has 0 atom stereocenters. The van der Waals surface area contributed by atoms with Gasteiger partial charge in [0.1, 0.15) is 0 Å². The minimum absolute atomic E-state index is 0. The van der Waals surface area contributed by atoms with Gasteiger partial charge in [0.25, 0.3) is 0 Å². The van der Waals surface area contributed by atoms with Crippen LogP contribution in [-0.4, -0.2) is 0 Å². The van der Waals surface area contributed by atoms with Crippen molar-refractivity contribution >= 4 is 35.6 Å². The number of hydrogen-bond donors (Lipinski definition) is 0. The van der Waals surface area contributed by atoms with Gasteiger partial charge in [-0.15, -0.1) is 59.3 Å². The Labute approximate surface area is 212 Å². The molecule has 7 rings (SSSR count). The van der Waals surface area contributed by atoms with Gasteiger partial charge in [0.15, 0.2) is 0 Å². The van der Waals surface area contributed by atoms with Gasteiger partial charge >= 0.3 is 0 Å². The van der Waals surface area contributed by atoms with Crippen LogP contribution in [0.3, 0.4) is 0 Å². The van der Waals surface area contributed by atoms with Crippen molar-refractivity contribution in [3.63, 3.8) is 0 Å². The first-order valence-electron chi connectivity index (χ1n) is 11.0. The maximum Gasteiger partial charge on any atom is 0 e. The van der Waals surface area contributed by atoms with E-state index >= 15 is 0 Å². The van der Waals surface area contributed by atoms with Gasteiger partial charge in [-0.1, -0.05) is 42.8 Å². The summed E-state index contributed by atoms with van der Waals surface area (Å²) in [7, 11) is 0. The summed E-state index contributed by atoms with van der Waals surface area (Å²) in [6.07, 6.45) is 10.0. The molecule has 0 N–H and O–H groups in total. The fraction of sp³-hybridized carbons (Fsp3) is 0.444. The van der Waals surface area contributed by atoms with Crippen LogP contribution in [-0.2, 0) is 38.0 Å². The molecule has 4 fully saturated rings. The second kappa shape index (κ2) is 9.17. The number of fused-ring (bicyclic) bond motifs is 1. The van der Waals surface area contributed by atoms with E-state index in [9.17, 15) is 0 Å². The third kappa shape index (κ3) is 3.89. The second-order valence-electron chi connectivity index (χ2n) is 9.80. The van der Waals surface area contributed by atoms with Gasteiger partial charge in [-0.2, -0.15) is 6.07 Å². The summed E-state index contributed by atoms with van der Waals surface area (Å²) in [4.78, 5) is 0. The molecule has 3 aromatic rings. The van der Waals surface area contributed by atoms with Crippen molar-refractivity contribution in [1.29, 1.82) is 0 Å². The smallest absolute Gasteiger partial charge is 0 e. The molecule has 4 aliphatic rings. The molecule has 3 heteroatoms. The van der Waals surface area contributed by atoms with Crippen molar-refractivity contribution < 1.29 is 26.2 Å². The standard InChI is InChI=1S/C27H29.2ClH.Zr/c1-2-18-13-23-4-3-5-25(26(23)14-18)22-6-8-24(9-7-22)27-15-19-10-20(16-27)12-21(11-19)17-27;;;/h3-9,13-14,19-21H,2,10-12,15-17H2,1H3;2*1H;/q-1;;;. The average Bonchev–Trinajstić information content (AvgIpc) is 3.10. The molecular weight excluding hydrogens is 486 g/mol. The Morgan fingerprint density at radius 1 is 0.867 bits per heavy atom. The molecule has 4 aliphatic carbocycles. The van der Waals surface area contributed by atoms with E-state index < -0.39 is 0 Å². The van der Waals surface area contributed by atoms with E-state index in [1.54, 1.807) is 5.56 Å². The Morgan fingerprint density at radius 3 is 2.03 bits per heavy atom. The first kappa shape index (κ1) is 24.2. The fourth-order valence-corrected chi connectivity index (χ4v) is 7.22. The molecular formula is C27H31Cl2Zr-. The van der Waals surface area contributed by atoms with E-state index in [2.05, 4.69) is 61.5 Å². The zero-order chi connectivity index (χ0) is 18.0. The van der Waals surface area contributed by atoms with Crippen LogP contribution in [0.25, 0.3) is 21.9 Å². The number of rotatable bonds is 3. The predicted molar refractivity (Wildman–Crippen MR) is 129 cm³/mol. The number of benzene rings is 2. The van der Waals surface area contributed by atoms with Crippen molar-refractivity contribution in [2.24, 2.45) is 17.8 Å². The first-order chi connectivity index (χ1) is 13.2. The summed E-state index contributed by atoms with van der Waals surface area (Å²) in [5.41, 5.74) is 6.36. The van der Waals surface area contributed by atoms with Crippen molar-refractivity contribution in [3.05, 3.63) is 65.7 Å². The Bertz CT molecular complexity index is 966. The summed E-state index contributed by atoms with van der Waals surface area (Å²) in [5, 5.41) is 2.80. The number of aryl methyl sites for hydroxylation is 1. The normalized spacial score (nSPS) is 28.5. The summed E-state index contributed by atoms with van der Waals surface area (Å²) in [5.74, 6) is 3.05. The van der Waals surface area contributed by atoms with Crippen LogP contribution in [0.1, 0.15) is 56.6 Å². The number of halogens is 2. The van der Waals surface area contributed by atoms with Gasteiger partial charge < -0.3 is 0 Å². The summed E-state index contributed by atoms with van der Waals surface area (Å²) < 4.78 is 0. The largest absolute Gasteiger partial charge is 0.164 e. The molecule has 0 aliphatic heterocycles. The molecule has 0 aromatic heterocycles. The second-order valence-corrected chi connectivity index (χ2v) is 9.80. The predicted octanol–water partition coefficient (Wildman–Crippen LogP) is 8.10. The summed E-state index contributed by atoms with van der Waals surface area (Å²) in [6, 6.07) is 21.3. The Hall–Kier alpha value is -0.487. The number of hydrogen-bond acceptors (Lipinski definition) is 0. The molecule has 0 saturated heterocycles. The molecule has 3 aromatic carbocycles. The molecule has 30 heavy (non-hydrogen) atoms. The molecule has 0 spiro atoms. The van der Waals surface area contributed by atoms with Gasteiger partial charge in [0, 0.05) is 26.2 Å². The summed E-state index contributed by atoms with van der Waals surface area (Å²) >= 11 is 0. The van der Waals surface area contributed by atoms with Crippen molar-refractivity contribution in [2.45, 2.75) is 57.3 Å². The first-order valence-corrected chi connectivity index (χ1v) is 11.0. The SMILES string of the molecule is CCc1cc2c(-c3ccc(C45CC6CC(CC(C6)C4)C5)cc3)cccc2[cH-]1.Cl.Cl.[Zr]. The van der Waals surface area contributed by atoms with E-state index in [0.29, 0.717) is 5.41 Å². The van der Waals surface area contributed by atoms with E-state index in [4.69, 9.17) is 0 Å². The maximum atomic E-state index is 2.48. The van der Waals surface area contributed by atoms with Crippen LogP contribution in [0.5, 0.6) is 0 Å². The van der Waals surface area contributed by atoms with Crippen LogP contribution in [0.15, 0.2) is 54.6 Å². The van der Waals surface area contributed by atoms with Crippen LogP contribution >= 0.6 is 24.8 Å². The molecule has 0 unspecified atom stereocenters. The fourth-order valence-electron chi connectivity index (χ4n) is 7.22. The Kier molecular flexibility index (Phi) is 7.39. The van der Waals surface area contributed by atoms with E-state index in [-0.39, 0.29) is 51.0 Å². The minimum atomic E-state index is 0. The topological polar surface area (TPSA) is 0 Å². The monoisotopic (exact) mass is 515 g/mol. The molecule has 4 saturated carbocycles. The van der Waals surface area contributed by atoms with Crippen LogP contribution in [0.4, 0.5) is 0 Å². The van der Waals surface area contributed by atoms with E-state index in [1.165, 1.54) is 66.0 Å². The summed E-state index contributed by atoms with van der Waals surface area (Å²) in [6.45, 7) is 2.24. The van der Waals surface area contributed by atoms with Crippen molar-refractivity contribution in [3.8, 4) is 11.1 Å². The molecule has 0 heterocycles. The molecule has 0 nitrogen and oxygen atoms in total. The van der Waals surface area contributed by atoms with E-state index in [1.807, 2.05) is 0 Å². The Morgan fingerprint density at radius 2 is 1.47 bits per heavy atom. The van der Waals surface area contributed by atoms with Crippen molar-refractivity contribution in [1.82, 2.24) is 0 Å². The zero-order valence-electron chi connectivity index (χ0n) is 17.7. The molecule has 4 bridgehead atoms. The molecule has 0 radical (unpaired) electrons. The minimum Gasteiger partial charge on any atom is -0.164 e. The third-order valence-corrected chi connectivity index (χ3v) is 8.07. The van der Waals surface area contributed by atoms with E-state index in [0.717, 1.165) is 24.2 Å². The zero-order valence-corrected chi connectivity index (χ0v) is 21.8. The van der Waals surface area contributed by atoms with Crippen LogP contribution < -0.4 is 0 Å². The van der Waals surface area contributed by atoms with Crippen molar-refractivity contribution in [2.75, 3.05) is 0 Å². The average molecular weight is 518 g/mol. The van der Waals surface area contributed by atoms with Gasteiger partial charge in [-0.05, 0) is 79.2 Å². The molecule has 158 valence electrons. The Balaban J connectivity index is 0.000000853. The van der Waals surface area contributed by atoms with Gasteiger partial charge in [0.05, 0.1) is 0 Å². The van der Waals surface area contributed by atoms with Gasteiger partial charge in [-0.25, -0.2) is 0 Å². The third-order valence-electron chi connectivity index (χ3n) is 8.07.